The number of pyridine rings is 1. The van der Waals surface area contributed by atoms with Gasteiger partial charge in [-0.05, 0) is 35.4 Å². The molecule has 1 aliphatic rings. The SMILES string of the molecule is COC(=O)c1ccc2c(c1)C(CC(=O)Nc1ccccn1)NC2. The van der Waals surface area contributed by atoms with E-state index in [0.717, 1.165) is 11.1 Å². The molecule has 2 N–H and O–H groups in total. The van der Waals surface area contributed by atoms with Crippen LogP contribution in [0, 0.1) is 0 Å². The number of carbonyl (C=O) groups excluding carboxylic acids is 2. The van der Waals surface area contributed by atoms with E-state index in [9.17, 15) is 9.59 Å². The van der Waals surface area contributed by atoms with Crippen LogP contribution >= 0.6 is 0 Å². The van der Waals surface area contributed by atoms with Gasteiger partial charge in [0.1, 0.15) is 5.82 Å². The van der Waals surface area contributed by atoms with Gasteiger partial charge in [0.15, 0.2) is 0 Å². The Morgan fingerprint density at radius 3 is 2.96 bits per heavy atom. The lowest BCUT2D eigenvalue weighted by atomic mass is 9.99. The van der Waals surface area contributed by atoms with Crippen LogP contribution in [-0.4, -0.2) is 24.0 Å². The number of nitrogens with one attached hydrogen (secondary N) is 2. The quantitative estimate of drug-likeness (QED) is 0.845. The third kappa shape index (κ3) is 3.37. The van der Waals surface area contributed by atoms with Gasteiger partial charge in [-0.25, -0.2) is 9.78 Å². The van der Waals surface area contributed by atoms with E-state index < -0.39 is 0 Å². The molecular formula is C17H17N3O3. The van der Waals surface area contributed by atoms with Crippen LogP contribution in [-0.2, 0) is 16.1 Å². The molecule has 0 bridgehead atoms. The number of methoxy groups -OCH3 is 1. The van der Waals surface area contributed by atoms with Crippen LogP contribution in [0.5, 0.6) is 0 Å². The summed E-state index contributed by atoms with van der Waals surface area (Å²) in [5.41, 5.74) is 2.54. The molecule has 6 nitrogen and oxygen atoms in total. The molecule has 1 aromatic heterocycles. The maximum atomic E-state index is 12.2. The van der Waals surface area contributed by atoms with Crippen LogP contribution in [0.25, 0.3) is 0 Å². The summed E-state index contributed by atoms with van der Waals surface area (Å²) in [6.45, 7) is 0.679. The second kappa shape index (κ2) is 6.58. The molecule has 1 aromatic carbocycles. The zero-order valence-corrected chi connectivity index (χ0v) is 12.7. The van der Waals surface area contributed by atoms with Crippen molar-refractivity contribution in [3.63, 3.8) is 0 Å². The van der Waals surface area contributed by atoms with Crippen molar-refractivity contribution in [1.29, 1.82) is 0 Å². The minimum Gasteiger partial charge on any atom is -0.465 e. The average Bonchev–Trinajstić information content (AvgIpc) is 2.97. The van der Waals surface area contributed by atoms with Crippen molar-refractivity contribution in [2.45, 2.75) is 19.0 Å². The third-order valence-corrected chi connectivity index (χ3v) is 3.80. The lowest BCUT2D eigenvalue weighted by Crippen LogP contribution is -2.21. The number of aromatic nitrogens is 1. The molecular weight excluding hydrogens is 294 g/mol. The molecule has 0 fully saturated rings. The summed E-state index contributed by atoms with van der Waals surface area (Å²) in [7, 11) is 1.35. The number of fused-ring (bicyclic) bond motifs is 1. The number of ether oxygens (including phenoxy) is 1. The minimum absolute atomic E-state index is 0.127. The van der Waals surface area contributed by atoms with Crippen molar-refractivity contribution >= 4 is 17.7 Å². The molecule has 23 heavy (non-hydrogen) atoms. The molecule has 2 heterocycles. The van der Waals surface area contributed by atoms with Gasteiger partial charge in [-0.2, -0.15) is 0 Å². The summed E-state index contributed by atoms with van der Waals surface area (Å²) in [5.74, 6) is 0.0212. The van der Waals surface area contributed by atoms with Gasteiger partial charge in [0.2, 0.25) is 5.91 Å². The van der Waals surface area contributed by atoms with E-state index in [4.69, 9.17) is 4.74 Å². The Hall–Kier alpha value is -2.73. The first-order valence-corrected chi connectivity index (χ1v) is 7.33. The zero-order chi connectivity index (χ0) is 16.2. The summed E-state index contributed by atoms with van der Waals surface area (Å²) in [4.78, 5) is 27.9. The maximum Gasteiger partial charge on any atom is 0.337 e. The smallest absolute Gasteiger partial charge is 0.337 e. The molecule has 1 amide bonds. The number of benzene rings is 1. The normalized spacial score (nSPS) is 15.8. The molecule has 0 spiro atoms. The van der Waals surface area contributed by atoms with Crippen LogP contribution in [0.1, 0.15) is 33.9 Å². The van der Waals surface area contributed by atoms with Crippen molar-refractivity contribution in [2.75, 3.05) is 12.4 Å². The second-order valence-corrected chi connectivity index (χ2v) is 5.31. The van der Waals surface area contributed by atoms with Crippen molar-refractivity contribution < 1.29 is 14.3 Å². The van der Waals surface area contributed by atoms with Gasteiger partial charge < -0.3 is 15.4 Å². The Morgan fingerprint density at radius 2 is 2.22 bits per heavy atom. The maximum absolute atomic E-state index is 12.2. The highest BCUT2D eigenvalue weighted by atomic mass is 16.5. The fourth-order valence-electron chi connectivity index (χ4n) is 2.67. The highest BCUT2D eigenvalue weighted by Crippen LogP contribution is 2.29. The van der Waals surface area contributed by atoms with Crippen LogP contribution in [0.15, 0.2) is 42.6 Å². The lowest BCUT2D eigenvalue weighted by Gasteiger charge is -2.12. The van der Waals surface area contributed by atoms with Gasteiger partial charge in [0, 0.05) is 25.2 Å². The van der Waals surface area contributed by atoms with Gasteiger partial charge >= 0.3 is 5.97 Å². The lowest BCUT2D eigenvalue weighted by molar-refractivity contribution is -0.116. The highest BCUT2D eigenvalue weighted by Gasteiger charge is 2.25. The predicted octanol–water partition coefficient (Wildman–Crippen LogP) is 2.04. The number of anilines is 1. The molecule has 0 saturated carbocycles. The largest absolute Gasteiger partial charge is 0.465 e. The summed E-state index contributed by atoms with van der Waals surface area (Å²) >= 11 is 0. The van der Waals surface area contributed by atoms with E-state index in [2.05, 4.69) is 15.6 Å². The molecule has 0 saturated heterocycles. The van der Waals surface area contributed by atoms with Crippen molar-refractivity contribution in [1.82, 2.24) is 10.3 Å². The number of hydrogen-bond acceptors (Lipinski definition) is 5. The molecule has 1 atom stereocenters. The van der Waals surface area contributed by atoms with Gasteiger partial charge in [0.25, 0.3) is 0 Å². The van der Waals surface area contributed by atoms with Crippen LogP contribution in [0.3, 0.4) is 0 Å². The number of nitrogens with zero attached hydrogens (tertiary/aromatic N) is 1. The number of esters is 1. The Balaban J connectivity index is 1.72. The molecule has 3 rings (SSSR count). The fourth-order valence-corrected chi connectivity index (χ4v) is 2.67. The van der Waals surface area contributed by atoms with Gasteiger partial charge in [-0.3, -0.25) is 4.79 Å². The van der Waals surface area contributed by atoms with Gasteiger partial charge in [-0.1, -0.05) is 12.1 Å². The summed E-state index contributed by atoms with van der Waals surface area (Å²) in [5, 5.41) is 6.06. The van der Waals surface area contributed by atoms with Gasteiger partial charge in [0.05, 0.1) is 12.7 Å². The zero-order valence-electron chi connectivity index (χ0n) is 12.7. The Labute approximate surface area is 133 Å². The van der Waals surface area contributed by atoms with Crippen molar-refractivity contribution in [3.8, 4) is 0 Å². The predicted molar refractivity (Wildman–Crippen MR) is 84.8 cm³/mol. The first kappa shape index (κ1) is 15.2. The van der Waals surface area contributed by atoms with Crippen LogP contribution in [0.4, 0.5) is 5.82 Å². The fraction of sp³-hybridized carbons (Fsp3) is 0.235. The summed E-state index contributed by atoms with van der Waals surface area (Å²) in [6.07, 6.45) is 1.90. The topological polar surface area (TPSA) is 80.3 Å². The summed E-state index contributed by atoms with van der Waals surface area (Å²) < 4.78 is 4.74. The van der Waals surface area contributed by atoms with Crippen LogP contribution in [0.2, 0.25) is 0 Å². The molecule has 0 aliphatic carbocycles. The molecule has 0 radical (unpaired) electrons. The molecule has 1 aliphatic heterocycles. The van der Waals surface area contributed by atoms with Crippen molar-refractivity contribution in [2.24, 2.45) is 0 Å². The van der Waals surface area contributed by atoms with Crippen molar-refractivity contribution in [3.05, 3.63) is 59.3 Å². The first-order valence-electron chi connectivity index (χ1n) is 7.33. The van der Waals surface area contributed by atoms with E-state index in [0.29, 0.717) is 17.9 Å². The molecule has 118 valence electrons. The molecule has 1 unspecified atom stereocenters. The first-order chi connectivity index (χ1) is 11.2. The standard InChI is InChI=1S/C17H17N3O3/c1-23-17(22)11-5-6-12-10-19-14(13(12)8-11)9-16(21)20-15-4-2-3-7-18-15/h2-8,14,19H,9-10H2,1H3,(H,18,20,21). The monoisotopic (exact) mass is 311 g/mol. The summed E-state index contributed by atoms with van der Waals surface area (Å²) in [6, 6.07) is 10.6. The Bertz CT molecular complexity index is 731. The number of rotatable bonds is 4. The highest BCUT2D eigenvalue weighted by molar-refractivity contribution is 5.91. The van der Waals surface area contributed by atoms with E-state index >= 15 is 0 Å². The number of hydrogen-bond donors (Lipinski definition) is 2. The number of carbonyl (C=O) groups is 2. The second-order valence-electron chi connectivity index (χ2n) is 5.31. The minimum atomic E-state index is -0.378. The number of amides is 1. The van der Waals surface area contributed by atoms with E-state index in [1.54, 1.807) is 30.5 Å². The third-order valence-electron chi connectivity index (χ3n) is 3.80. The van der Waals surface area contributed by atoms with E-state index in [1.165, 1.54) is 7.11 Å². The molecule has 6 heteroatoms. The Morgan fingerprint density at radius 1 is 1.35 bits per heavy atom. The van der Waals surface area contributed by atoms with E-state index in [1.807, 2.05) is 12.1 Å². The Kier molecular flexibility index (Phi) is 4.34. The van der Waals surface area contributed by atoms with E-state index in [-0.39, 0.29) is 24.3 Å². The molecule has 2 aromatic rings. The van der Waals surface area contributed by atoms with Crippen LogP contribution < -0.4 is 10.6 Å². The van der Waals surface area contributed by atoms with Gasteiger partial charge in [-0.15, -0.1) is 0 Å². The average molecular weight is 311 g/mol.